The van der Waals surface area contributed by atoms with Gasteiger partial charge in [0.1, 0.15) is 0 Å². The Kier molecular flexibility index (Phi) is 4.92. The molecule has 1 atom stereocenters. The molecule has 2 rings (SSSR count). The fraction of sp³-hybridized carbons (Fsp3) is 0.308. The summed E-state index contributed by atoms with van der Waals surface area (Å²) in [6.07, 6.45) is 1.32. The zero-order chi connectivity index (χ0) is 11.1. The van der Waals surface area contributed by atoms with Gasteiger partial charge < -0.3 is 10.4 Å². The molecule has 0 aromatic heterocycles. The molecular weight excluding hydrogens is 319 g/mol. The summed E-state index contributed by atoms with van der Waals surface area (Å²) in [4.78, 5) is 0. The second-order valence-electron chi connectivity index (χ2n) is 4.58. The van der Waals surface area contributed by atoms with Crippen LogP contribution in [0, 0.1) is 10.6 Å². The van der Waals surface area contributed by atoms with Gasteiger partial charge in [0.15, 0.2) is 0 Å². The van der Waals surface area contributed by atoms with Crippen LogP contribution in [0.3, 0.4) is 0 Å². The van der Waals surface area contributed by atoms with E-state index >= 15 is 0 Å². The number of hydrogen-bond acceptors (Lipinski definition) is 2. The summed E-state index contributed by atoms with van der Waals surface area (Å²) in [6.45, 7) is 8.46. The third kappa shape index (κ3) is 2.66. The van der Waals surface area contributed by atoms with Gasteiger partial charge in [-0.15, -0.1) is 0 Å². The standard InChI is InChI=1S/C13H15NO.Cs/c1-9-12(13(9,2)3)11-6-4-10(5-7-11)8-14-15;/h4-8,12,15H,1H2,2-3H3;/q;+1/p-1/b14-8+;. The molecule has 1 aromatic carbocycles. The molecule has 0 spiro atoms. The molecule has 0 heterocycles. The van der Waals surface area contributed by atoms with E-state index in [4.69, 9.17) is 0 Å². The van der Waals surface area contributed by atoms with Crippen molar-refractivity contribution < 1.29 is 68.9 Å². The third-order valence-electron chi connectivity index (χ3n) is 3.29. The van der Waals surface area contributed by atoms with Gasteiger partial charge in [-0.05, 0) is 16.5 Å². The van der Waals surface area contributed by atoms with E-state index in [1.807, 2.05) is 24.3 Å². The number of nitrogens with zero attached hydrogens (tertiary/aromatic N) is 1. The smallest absolute Gasteiger partial charge is 0.792 e. The Labute approximate surface area is 155 Å². The van der Waals surface area contributed by atoms with E-state index in [-0.39, 0.29) is 74.3 Å². The Morgan fingerprint density at radius 1 is 1.31 bits per heavy atom. The van der Waals surface area contributed by atoms with Gasteiger partial charge in [0.25, 0.3) is 0 Å². The molecule has 3 heteroatoms. The van der Waals surface area contributed by atoms with Crippen LogP contribution >= 0.6 is 0 Å². The summed E-state index contributed by atoms with van der Waals surface area (Å²) in [5, 5.41) is 12.8. The average molecular weight is 333 g/mol. The Morgan fingerprint density at radius 3 is 2.19 bits per heavy atom. The normalized spacial score (nSPS) is 21.9. The van der Waals surface area contributed by atoms with E-state index in [2.05, 4.69) is 25.6 Å². The summed E-state index contributed by atoms with van der Waals surface area (Å²) in [5.74, 6) is 0.468. The molecule has 0 N–H and O–H groups in total. The van der Waals surface area contributed by atoms with Crippen LogP contribution < -0.4 is 68.9 Å². The molecule has 0 saturated heterocycles. The zero-order valence-corrected chi connectivity index (χ0v) is 16.3. The van der Waals surface area contributed by atoms with Gasteiger partial charge in [-0.25, -0.2) is 0 Å². The number of hydrogen-bond donors (Lipinski definition) is 0. The van der Waals surface area contributed by atoms with Crippen LogP contribution in [-0.2, 0) is 0 Å². The average Bonchev–Trinajstić information content (AvgIpc) is 2.69. The SMILES string of the molecule is C=C1C(c2ccc(/C=N/[O-])cc2)C1(C)C.[Cs+]. The van der Waals surface area contributed by atoms with Crippen LogP contribution in [0.1, 0.15) is 30.9 Å². The van der Waals surface area contributed by atoms with Crippen LogP contribution in [-0.4, -0.2) is 6.21 Å². The van der Waals surface area contributed by atoms with Crippen molar-refractivity contribution in [1.82, 2.24) is 0 Å². The molecule has 1 aliphatic rings. The van der Waals surface area contributed by atoms with Gasteiger partial charge in [0.2, 0.25) is 0 Å². The van der Waals surface area contributed by atoms with Crippen molar-refractivity contribution in [3.63, 3.8) is 0 Å². The van der Waals surface area contributed by atoms with Crippen molar-refractivity contribution in [2.45, 2.75) is 19.8 Å². The van der Waals surface area contributed by atoms with Crippen LogP contribution in [0.25, 0.3) is 0 Å². The van der Waals surface area contributed by atoms with E-state index in [1.54, 1.807) is 0 Å². The first-order valence-corrected chi connectivity index (χ1v) is 5.02. The van der Waals surface area contributed by atoms with Crippen LogP contribution in [0.15, 0.2) is 41.6 Å². The maximum atomic E-state index is 10.0. The maximum Gasteiger partial charge on any atom is 1.00 e. The first-order chi connectivity index (χ1) is 7.07. The molecule has 0 amide bonds. The Morgan fingerprint density at radius 2 is 1.81 bits per heavy atom. The van der Waals surface area contributed by atoms with E-state index in [0.717, 1.165) is 5.56 Å². The van der Waals surface area contributed by atoms with Crippen LogP contribution in [0.2, 0.25) is 0 Å². The monoisotopic (exact) mass is 333 g/mol. The second kappa shape index (κ2) is 5.42. The molecule has 1 fully saturated rings. The minimum atomic E-state index is 0. The van der Waals surface area contributed by atoms with Crippen LogP contribution in [0.5, 0.6) is 0 Å². The van der Waals surface area contributed by atoms with Gasteiger partial charge >= 0.3 is 68.9 Å². The summed E-state index contributed by atoms with van der Waals surface area (Å²) >= 11 is 0. The number of rotatable bonds is 2. The topological polar surface area (TPSA) is 35.4 Å². The predicted octanol–water partition coefficient (Wildman–Crippen LogP) is 0.287. The predicted molar refractivity (Wildman–Crippen MR) is 63.1 cm³/mol. The quantitative estimate of drug-likeness (QED) is 0.435. The van der Waals surface area contributed by atoms with E-state index < -0.39 is 0 Å². The molecular formula is C13H14CsNO. The molecule has 1 unspecified atom stereocenters. The van der Waals surface area contributed by atoms with Crippen molar-refractivity contribution in [1.29, 1.82) is 0 Å². The van der Waals surface area contributed by atoms with E-state index in [9.17, 15) is 5.21 Å². The molecule has 1 aliphatic carbocycles. The van der Waals surface area contributed by atoms with Crippen molar-refractivity contribution in [3.05, 3.63) is 52.8 Å². The van der Waals surface area contributed by atoms with Crippen molar-refractivity contribution >= 4 is 6.21 Å². The molecule has 0 bridgehead atoms. The summed E-state index contributed by atoms with van der Waals surface area (Å²) in [6, 6.07) is 7.92. The maximum absolute atomic E-state index is 10.0. The summed E-state index contributed by atoms with van der Waals surface area (Å²) in [7, 11) is 0. The Hall–Kier alpha value is 0.482. The largest absolute Gasteiger partial charge is 1.00 e. The van der Waals surface area contributed by atoms with Crippen molar-refractivity contribution in [2.24, 2.45) is 10.6 Å². The number of benzene rings is 1. The van der Waals surface area contributed by atoms with Gasteiger partial charge in [-0.1, -0.05) is 50.3 Å². The minimum absolute atomic E-state index is 0. The third-order valence-corrected chi connectivity index (χ3v) is 3.29. The van der Waals surface area contributed by atoms with Crippen LogP contribution in [0.4, 0.5) is 0 Å². The molecule has 0 radical (unpaired) electrons. The number of allylic oxidation sites excluding steroid dienone is 1. The first kappa shape index (κ1) is 14.5. The van der Waals surface area contributed by atoms with Gasteiger partial charge in [-0.3, -0.25) is 0 Å². The second-order valence-corrected chi connectivity index (χ2v) is 4.58. The fourth-order valence-electron chi connectivity index (χ4n) is 2.09. The molecule has 78 valence electrons. The summed E-state index contributed by atoms with van der Waals surface area (Å²) in [5.41, 5.74) is 3.63. The Bertz CT molecular complexity index is 420. The van der Waals surface area contributed by atoms with Gasteiger partial charge in [0, 0.05) is 12.1 Å². The van der Waals surface area contributed by atoms with Crippen molar-refractivity contribution in [2.75, 3.05) is 0 Å². The molecule has 2 nitrogen and oxygen atoms in total. The molecule has 16 heavy (non-hydrogen) atoms. The zero-order valence-electron chi connectivity index (χ0n) is 10.0. The minimum Gasteiger partial charge on any atom is -0.792 e. The van der Waals surface area contributed by atoms with Gasteiger partial charge in [-0.2, -0.15) is 0 Å². The summed E-state index contributed by atoms with van der Waals surface area (Å²) < 4.78 is 0. The molecule has 1 saturated carbocycles. The molecule has 0 aliphatic heterocycles. The van der Waals surface area contributed by atoms with Gasteiger partial charge in [0.05, 0.1) is 0 Å². The fourth-order valence-corrected chi connectivity index (χ4v) is 2.09. The van der Waals surface area contributed by atoms with Crippen molar-refractivity contribution in [3.8, 4) is 0 Å². The first-order valence-electron chi connectivity index (χ1n) is 5.02. The molecule has 1 aromatic rings. The Balaban J connectivity index is 0.00000128. The van der Waals surface area contributed by atoms with E-state index in [0.29, 0.717) is 5.92 Å². The van der Waals surface area contributed by atoms with E-state index in [1.165, 1.54) is 17.4 Å².